The third-order valence-electron chi connectivity index (χ3n) is 5.57. The second kappa shape index (κ2) is 12.0. The molecule has 5 nitrogen and oxygen atoms in total. The van der Waals surface area contributed by atoms with Crippen LogP contribution >= 0.6 is 23.5 Å². The fourth-order valence-electron chi connectivity index (χ4n) is 4.00. The molecule has 0 aliphatic carbocycles. The van der Waals surface area contributed by atoms with E-state index < -0.39 is 12.1 Å². The van der Waals surface area contributed by atoms with Gasteiger partial charge in [-0.15, -0.1) is 23.5 Å². The van der Waals surface area contributed by atoms with Crippen LogP contribution in [0.1, 0.15) is 46.1 Å². The Hall–Kier alpha value is -1.18. The minimum Gasteiger partial charge on any atom is -0.465 e. The van der Waals surface area contributed by atoms with Crippen LogP contribution in [0.5, 0.6) is 0 Å². The van der Waals surface area contributed by atoms with Crippen LogP contribution in [0, 0.1) is 0 Å². The van der Waals surface area contributed by atoms with E-state index >= 15 is 0 Å². The smallest absolute Gasteiger partial charge is 0.323 e. The molecule has 1 aliphatic heterocycles. The average molecular weight is 453 g/mol. The zero-order valence-corrected chi connectivity index (χ0v) is 20.5. The highest BCUT2D eigenvalue weighted by Gasteiger charge is 2.44. The Morgan fingerprint density at radius 1 is 1.30 bits per heavy atom. The van der Waals surface area contributed by atoms with Crippen LogP contribution < -0.4 is 5.32 Å². The van der Waals surface area contributed by atoms with Gasteiger partial charge in [0.15, 0.2) is 0 Å². The van der Waals surface area contributed by atoms with Gasteiger partial charge in [-0.3, -0.25) is 14.9 Å². The first-order chi connectivity index (χ1) is 14.4. The lowest BCUT2D eigenvalue weighted by atomic mass is 10.0. The molecular weight excluding hydrogens is 416 g/mol. The number of nitrogens with one attached hydrogen (secondary N) is 1. The van der Waals surface area contributed by atoms with Crippen LogP contribution in [-0.4, -0.2) is 64.1 Å². The van der Waals surface area contributed by atoms with Crippen molar-refractivity contribution in [2.45, 2.75) is 69.2 Å². The quantitative estimate of drug-likeness (QED) is 0.405. The third kappa shape index (κ3) is 6.66. The van der Waals surface area contributed by atoms with Crippen LogP contribution in [0.15, 0.2) is 30.3 Å². The van der Waals surface area contributed by atoms with E-state index in [0.717, 1.165) is 25.1 Å². The maximum atomic E-state index is 13.2. The molecule has 1 amide bonds. The van der Waals surface area contributed by atoms with Gasteiger partial charge in [-0.05, 0) is 57.6 Å². The number of nitrogens with zero attached hydrogens (tertiary/aromatic N) is 1. The van der Waals surface area contributed by atoms with Crippen molar-refractivity contribution in [1.82, 2.24) is 10.2 Å². The van der Waals surface area contributed by atoms with E-state index in [0.29, 0.717) is 13.0 Å². The fraction of sp³-hybridized carbons (Fsp3) is 0.652. The summed E-state index contributed by atoms with van der Waals surface area (Å²) in [5.74, 6) is 0.806. The van der Waals surface area contributed by atoms with Gasteiger partial charge < -0.3 is 9.64 Å². The van der Waals surface area contributed by atoms with Gasteiger partial charge in [-0.1, -0.05) is 37.3 Å². The van der Waals surface area contributed by atoms with Crippen LogP contribution in [0.4, 0.5) is 0 Å². The van der Waals surface area contributed by atoms with Gasteiger partial charge in [0.2, 0.25) is 5.91 Å². The third-order valence-corrected chi connectivity index (χ3v) is 8.57. The molecule has 0 bridgehead atoms. The van der Waals surface area contributed by atoms with Gasteiger partial charge in [0.1, 0.15) is 6.04 Å². The Kier molecular flexibility index (Phi) is 10.0. The van der Waals surface area contributed by atoms with Crippen molar-refractivity contribution < 1.29 is 14.3 Å². The highest BCUT2D eigenvalue weighted by atomic mass is 32.2. The molecule has 2 rings (SSSR count). The Morgan fingerprint density at radius 2 is 2.00 bits per heavy atom. The summed E-state index contributed by atoms with van der Waals surface area (Å²) in [5.41, 5.74) is 1.17. The zero-order chi connectivity index (χ0) is 22.1. The first kappa shape index (κ1) is 25.1. The number of carbonyl (C=O) groups is 2. The van der Waals surface area contributed by atoms with Crippen LogP contribution in [0.2, 0.25) is 0 Å². The summed E-state index contributed by atoms with van der Waals surface area (Å²) >= 11 is 3.78. The number of ether oxygens (including phenoxy) is 1. The number of likely N-dealkylation sites (tertiary alicyclic amines) is 1. The van der Waals surface area contributed by atoms with Crippen molar-refractivity contribution in [2.24, 2.45) is 0 Å². The van der Waals surface area contributed by atoms with Crippen LogP contribution in [0.25, 0.3) is 0 Å². The van der Waals surface area contributed by atoms with Gasteiger partial charge in [-0.2, -0.15) is 0 Å². The highest BCUT2D eigenvalue weighted by Crippen LogP contribution is 2.46. The number of amides is 1. The molecule has 7 heteroatoms. The lowest BCUT2D eigenvalue weighted by molar-refractivity contribution is -0.146. The molecule has 168 valence electrons. The number of thioether (sulfide) groups is 2. The van der Waals surface area contributed by atoms with E-state index in [1.165, 1.54) is 5.56 Å². The summed E-state index contributed by atoms with van der Waals surface area (Å²) in [7, 11) is 0. The van der Waals surface area contributed by atoms with Crippen molar-refractivity contribution >= 4 is 35.4 Å². The second-order valence-electron chi connectivity index (χ2n) is 7.78. The summed E-state index contributed by atoms with van der Waals surface area (Å²) in [6, 6.07) is 9.32. The molecule has 0 aromatic heterocycles. The van der Waals surface area contributed by atoms with Crippen molar-refractivity contribution in [3.8, 4) is 0 Å². The van der Waals surface area contributed by atoms with E-state index in [4.69, 9.17) is 4.74 Å². The Morgan fingerprint density at radius 3 is 2.60 bits per heavy atom. The van der Waals surface area contributed by atoms with E-state index in [9.17, 15) is 9.59 Å². The van der Waals surface area contributed by atoms with Gasteiger partial charge >= 0.3 is 5.97 Å². The Balaban J connectivity index is 2.03. The second-order valence-corrected chi connectivity index (χ2v) is 10.9. The molecule has 30 heavy (non-hydrogen) atoms. The van der Waals surface area contributed by atoms with Crippen LogP contribution in [-0.2, 0) is 20.7 Å². The molecule has 1 N–H and O–H groups in total. The van der Waals surface area contributed by atoms with Gasteiger partial charge in [0.05, 0.1) is 16.7 Å². The Bertz CT molecular complexity index is 688. The maximum Gasteiger partial charge on any atom is 0.323 e. The SMILES string of the molecule is CCOC(=O)C(CCc1ccccc1)NC(C)C(=O)N1CC(SC)(SCC)CC1C. The topological polar surface area (TPSA) is 58.6 Å². The molecule has 1 heterocycles. The van der Waals surface area contributed by atoms with Gasteiger partial charge in [0, 0.05) is 12.6 Å². The summed E-state index contributed by atoms with van der Waals surface area (Å²) in [4.78, 5) is 27.8. The normalized spacial score (nSPS) is 23.2. The van der Waals surface area contributed by atoms with Gasteiger partial charge in [-0.25, -0.2) is 0 Å². The number of carbonyl (C=O) groups excluding carboxylic acids is 2. The molecule has 1 aromatic carbocycles. The molecule has 1 fully saturated rings. The van der Waals surface area contributed by atoms with E-state index in [1.54, 1.807) is 6.92 Å². The average Bonchev–Trinajstić information content (AvgIpc) is 3.08. The predicted octanol–water partition coefficient (Wildman–Crippen LogP) is 3.96. The number of aryl methyl sites for hydroxylation is 1. The number of esters is 1. The van der Waals surface area contributed by atoms with E-state index in [1.807, 2.05) is 53.5 Å². The largest absolute Gasteiger partial charge is 0.465 e. The maximum absolute atomic E-state index is 13.2. The van der Waals surface area contributed by atoms with Crippen molar-refractivity contribution in [3.05, 3.63) is 35.9 Å². The summed E-state index contributed by atoms with van der Waals surface area (Å²) in [5, 5.41) is 3.27. The lowest BCUT2D eigenvalue weighted by Gasteiger charge is -2.29. The minimum atomic E-state index is -0.502. The zero-order valence-electron chi connectivity index (χ0n) is 18.8. The predicted molar refractivity (Wildman–Crippen MR) is 128 cm³/mol. The van der Waals surface area contributed by atoms with Crippen LogP contribution in [0.3, 0.4) is 0 Å². The molecule has 4 unspecified atom stereocenters. The summed E-state index contributed by atoms with van der Waals surface area (Å²) in [6.07, 6.45) is 4.46. The first-order valence-corrected chi connectivity index (χ1v) is 13.0. The molecule has 4 atom stereocenters. The van der Waals surface area contributed by atoms with E-state index in [2.05, 4.69) is 37.6 Å². The highest BCUT2D eigenvalue weighted by molar-refractivity contribution is 8.18. The first-order valence-electron chi connectivity index (χ1n) is 10.8. The molecule has 1 saturated heterocycles. The summed E-state index contributed by atoms with van der Waals surface area (Å²) in [6.45, 7) is 9.02. The summed E-state index contributed by atoms with van der Waals surface area (Å²) < 4.78 is 5.34. The number of benzene rings is 1. The molecule has 1 aromatic rings. The number of hydrogen-bond donors (Lipinski definition) is 1. The van der Waals surface area contributed by atoms with Gasteiger partial charge in [0.25, 0.3) is 0 Å². The van der Waals surface area contributed by atoms with E-state index in [-0.39, 0.29) is 22.0 Å². The molecule has 0 spiro atoms. The molecular formula is C23H36N2O3S2. The lowest BCUT2D eigenvalue weighted by Crippen LogP contribution is -2.52. The number of rotatable bonds is 11. The standard InChI is InChI=1S/C23H36N2O3S2/c1-6-28-22(27)20(14-13-19-11-9-8-10-12-19)24-18(4)21(26)25-16-23(29-5,30-7-2)15-17(25)3/h8-12,17-18,20,24H,6-7,13-16H2,1-5H3. The van der Waals surface area contributed by atoms with Crippen molar-refractivity contribution in [2.75, 3.05) is 25.2 Å². The fourth-order valence-corrected chi connectivity index (χ4v) is 6.62. The number of hydrogen-bond acceptors (Lipinski definition) is 6. The molecule has 0 saturated carbocycles. The van der Waals surface area contributed by atoms with Crippen molar-refractivity contribution in [3.63, 3.8) is 0 Å². The minimum absolute atomic E-state index is 0.0594. The molecule has 1 aliphatic rings. The van der Waals surface area contributed by atoms with Crippen molar-refractivity contribution in [1.29, 1.82) is 0 Å². The Labute approximate surface area is 190 Å². The monoisotopic (exact) mass is 452 g/mol. The molecule has 0 radical (unpaired) electrons.